The van der Waals surface area contributed by atoms with Gasteiger partial charge in [-0.05, 0) is 31.0 Å². The molecule has 0 aliphatic rings. The fourth-order valence-electron chi connectivity index (χ4n) is 2.08. The first-order chi connectivity index (χ1) is 10.1. The van der Waals surface area contributed by atoms with Crippen molar-refractivity contribution in [3.63, 3.8) is 0 Å². The van der Waals surface area contributed by atoms with Crippen molar-refractivity contribution in [1.82, 2.24) is 0 Å². The van der Waals surface area contributed by atoms with Crippen LogP contribution in [0.25, 0.3) is 0 Å². The van der Waals surface area contributed by atoms with Crippen LogP contribution in [-0.4, -0.2) is 12.5 Å². The molecule has 1 aromatic rings. The highest BCUT2D eigenvalue weighted by atomic mass is 19.1. The number of unbranched alkanes of at least 4 members (excludes halogenated alkanes) is 1. The maximum absolute atomic E-state index is 13.3. The number of nitrogens with one attached hydrogen (secondary N) is 1. The number of hydrogen-bond donors (Lipinski definition) is 2. The van der Waals surface area contributed by atoms with E-state index in [1.54, 1.807) is 6.07 Å². The minimum atomic E-state index is -0.382. The van der Waals surface area contributed by atoms with Crippen LogP contribution in [0.4, 0.5) is 10.1 Å². The summed E-state index contributed by atoms with van der Waals surface area (Å²) in [6.45, 7) is 4.29. The smallest absolute Gasteiger partial charge is 0.227 e. The van der Waals surface area contributed by atoms with Gasteiger partial charge in [0.15, 0.2) is 0 Å². The van der Waals surface area contributed by atoms with Crippen LogP contribution in [0.5, 0.6) is 0 Å². The molecule has 1 amide bonds. The molecule has 0 saturated carbocycles. The second kappa shape index (κ2) is 9.15. The Morgan fingerprint density at radius 3 is 2.81 bits per heavy atom. The molecule has 4 heteroatoms. The summed E-state index contributed by atoms with van der Waals surface area (Å²) < 4.78 is 13.3. The number of benzene rings is 1. The summed E-state index contributed by atoms with van der Waals surface area (Å²) in [6.07, 6.45) is 3.74. The monoisotopic (exact) mass is 290 g/mol. The number of amides is 1. The fraction of sp³-hybridized carbons (Fsp3) is 0.471. The van der Waals surface area contributed by atoms with Crippen molar-refractivity contribution in [2.75, 3.05) is 11.9 Å². The van der Waals surface area contributed by atoms with Gasteiger partial charge in [0.05, 0.1) is 17.8 Å². The van der Waals surface area contributed by atoms with E-state index in [1.807, 2.05) is 6.92 Å². The number of rotatable bonds is 6. The van der Waals surface area contributed by atoms with Crippen molar-refractivity contribution in [2.45, 2.75) is 39.5 Å². The second-order valence-electron chi connectivity index (χ2n) is 4.93. The van der Waals surface area contributed by atoms with Crippen molar-refractivity contribution in [1.29, 1.82) is 0 Å². The third-order valence-corrected chi connectivity index (χ3v) is 3.33. The Bertz CT molecular complexity index is 531. The first-order valence-electron chi connectivity index (χ1n) is 7.41. The van der Waals surface area contributed by atoms with E-state index in [4.69, 9.17) is 5.73 Å². The van der Waals surface area contributed by atoms with Gasteiger partial charge in [-0.15, -0.1) is 0 Å². The summed E-state index contributed by atoms with van der Waals surface area (Å²) in [4.78, 5) is 12.3. The number of nitrogens with two attached hydrogens (primary N) is 1. The lowest BCUT2D eigenvalue weighted by molar-refractivity contribution is -0.120. The van der Waals surface area contributed by atoms with Crippen LogP contribution in [-0.2, 0) is 4.79 Å². The van der Waals surface area contributed by atoms with Crippen molar-refractivity contribution in [2.24, 2.45) is 11.7 Å². The van der Waals surface area contributed by atoms with Gasteiger partial charge in [-0.2, -0.15) is 0 Å². The highest BCUT2D eigenvalue weighted by Gasteiger charge is 2.17. The molecule has 1 rings (SSSR count). The lowest BCUT2D eigenvalue weighted by atomic mass is 9.98. The van der Waals surface area contributed by atoms with Crippen molar-refractivity contribution >= 4 is 11.6 Å². The molecular formula is C17H23FN2O. The number of carbonyl (C=O) groups excluding carboxylic acids is 1. The molecule has 0 radical (unpaired) electrons. The third-order valence-electron chi connectivity index (χ3n) is 3.33. The van der Waals surface area contributed by atoms with Crippen LogP contribution in [0.2, 0.25) is 0 Å². The highest BCUT2D eigenvalue weighted by Crippen LogP contribution is 2.20. The Morgan fingerprint density at radius 1 is 1.43 bits per heavy atom. The molecule has 21 heavy (non-hydrogen) atoms. The highest BCUT2D eigenvalue weighted by molar-refractivity contribution is 5.93. The Morgan fingerprint density at radius 2 is 2.19 bits per heavy atom. The fourth-order valence-corrected chi connectivity index (χ4v) is 2.08. The summed E-state index contributed by atoms with van der Waals surface area (Å²) in [5.74, 6) is 5.03. The van der Waals surface area contributed by atoms with Gasteiger partial charge in [0.2, 0.25) is 5.91 Å². The van der Waals surface area contributed by atoms with Gasteiger partial charge in [-0.25, -0.2) is 4.39 Å². The zero-order valence-corrected chi connectivity index (χ0v) is 12.7. The SMILES string of the molecule is CCCCC(CC)C(=O)Nc1ccc(F)cc1C#CCN. The molecule has 3 nitrogen and oxygen atoms in total. The third kappa shape index (κ3) is 5.57. The van der Waals surface area contributed by atoms with Crippen LogP contribution in [0.1, 0.15) is 45.1 Å². The predicted molar refractivity (Wildman–Crippen MR) is 84.3 cm³/mol. The van der Waals surface area contributed by atoms with E-state index in [-0.39, 0.29) is 24.2 Å². The van der Waals surface area contributed by atoms with Crippen molar-refractivity contribution in [3.05, 3.63) is 29.6 Å². The molecule has 0 aromatic heterocycles. The van der Waals surface area contributed by atoms with E-state index in [9.17, 15) is 9.18 Å². The molecule has 0 bridgehead atoms. The summed E-state index contributed by atoms with van der Waals surface area (Å²) in [5, 5.41) is 2.86. The van der Waals surface area contributed by atoms with E-state index in [2.05, 4.69) is 24.1 Å². The minimum Gasteiger partial charge on any atom is -0.325 e. The predicted octanol–water partition coefficient (Wildman–Crippen LogP) is 3.29. The summed E-state index contributed by atoms with van der Waals surface area (Å²) in [7, 11) is 0. The standard InChI is InChI=1S/C17H23FN2O/c1-3-5-7-13(4-2)17(21)20-16-10-9-15(18)12-14(16)8-6-11-19/h9-10,12-13H,3-5,7,11,19H2,1-2H3,(H,20,21). The molecule has 0 spiro atoms. The van der Waals surface area contributed by atoms with Gasteiger partial charge in [-0.3, -0.25) is 4.79 Å². The molecular weight excluding hydrogens is 267 g/mol. The van der Waals surface area contributed by atoms with Crippen LogP contribution < -0.4 is 11.1 Å². The number of halogens is 1. The quantitative estimate of drug-likeness (QED) is 0.790. The van der Waals surface area contributed by atoms with E-state index in [0.717, 1.165) is 25.7 Å². The molecule has 1 aromatic carbocycles. The lowest BCUT2D eigenvalue weighted by Gasteiger charge is -2.15. The minimum absolute atomic E-state index is 0.0229. The van der Waals surface area contributed by atoms with E-state index in [0.29, 0.717) is 11.3 Å². The Hall–Kier alpha value is -1.86. The number of anilines is 1. The average Bonchev–Trinajstić information content (AvgIpc) is 2.48. The molecule has 0 fully saturated rings. The topological polar surface area (TPSA) is 55.1 Å². The lowest BCUT2D eigenvalue weighted by Crippen LogP contribution is -2.22. The van der Waals surface area contributed by atoms with Crippen LogP contribution in [0.15, 0.2) is 18.2 Å². The average molecular weight is 290 g/mol. The van der Waals surface area contributed by atoms with E-state index in [1.165, 1.54) is 12.1 Å². The van der Waals surface area contributed by atoms with E-state index >= 15 is 0 Å². The van der Waals surface area contributed by atoms with E-state index < -0.39 is 0 Å². The summed E-state index contributed by atoms with van der Waals surface area (Å²) in [6, 6.07) is 4.17. The number of carbonyl (C=O) groups is 1. The first kappa shape index (κ1) is 17.2. The Kier molecular flexibility index (Phi) is 7.49. The molecule has 0 saturated heterocycles. The largest absolute Gasteiger partial charge is 0.325 e. The molecule has 1 atom stereocenters. The van der Waals surface area contributed by atoms with Gasteiger partial charge in [0, 0.05) is 5.92 Å². The van der Waals surface area contributed by atoms with Gasteiger partial charge in [0.25, 0.3) is 0 Å². The van der Waals surface area contributed by atoms with Gasteiger partial charge in [-0.1, -0.05) is 38.5 Å². The van der Waals surface area contributed by atoms with Crippen molar-refractivity contribution in [3.8, 4) is 11.8 Å². The van der Waals surface area contributed by atoms with Gasteiger partial charge < -0.3 is 11.1 Å². The first-order valence-corrected chi connectivity index (χ1v) is 7.41. The van der Waals surface area contributed by atoms with Crippen LogP contribution >= 0.6 is 0 Å². The normalized spacial score (nSPS) is 11.4. The van der Waals surface area contributed by atoms with Gasteiger partial charge in [0.1, 0.15) is 5.82 Å². The molecule has 0 aliphatic heterocycles. The molecule has 0 aliphatic carbocycles. The van der Waals surface area contributed by atoms with Gasteiger partial charge >= 0.3 is 0 Å². The zero-order valence-electron chi connectivity index (χ0n) is 12.7. The summed E-state index contributed by atoms with van der Waals surface area (Å²) in [5.41, 5.74) is 6.33. The molecule has 114 valence electrons. The Balaban J connectivity index is 2.88. The van der Waals surface area contributed by atoms with Crippen molar-refractivity contribution < 1.29 is 9.18 Å². The second-order valence-corrected chi connectivity index (χ2v) is 4.93. The molecule has 1 unspecified atom stereocenters. The zero-order chi connectivity index (χ0) is 15.7. The maximum Gasteiger partial charge on any atom is 0.227 e. The van der Waals surface area contributed by atoms with Crippen LogP contribution in [0, 0.1) is 23.6 Å². The maximum atomic E-state index is 13.3. The summed E-state index contributed by atoms with van der Waals surface area (Å²) >= 11 is 0. The Labute approximate surface area is 126 Å². The number of hydrogen-bond acceptors (Lipinski definition) is 2. The molecule has 3 N–H and O–H groups in total. The molecule has 0 heterocycles. The van der Waals surface area contributed by atoms with Crippen LogP contribution in [0.3, 0.4) is 0 Å².